The molecule has 0 aliphatic carbocycles. The number of aryl methyl sites for hydroxylation is 3. The maximum Gasteiger partial charge on any atom is 0.243 e. The quantitative estimate of drug-likeness (QED) is 0.738. The normalized spacial score (nSPS) is 19.0. The summed E-state index contributed by atoms with van der Waals surface area (Å²) < 4.78 is 27.7. The van der Waals surface area contributed by atoms with Crippen molar-refractivity contribution in [3.05, 3.63) is 28.8 Å². The highest BCUT2D eigenvalue weighted by molar-refractivity contribution is 8.00. The van der Waals surface area contributed by atoms with E-state index in [1.807, 2.05) is 32.9 Å². The van der Waals surface area contributed by atoms with Crippen LogP contribution in [0.15, 0.2) is 17.0 Å². The molecule has 2 saturated heterocycles. The van der Waals surface area contributed by atoms with Crippen molar-refractivity contribution in [2.24, 2.45) is 0 Å². The molecule has 0 saturated carbocycles. The standard InChI is InChI=1S/C18H25N3O4S2/c1-13-8-14(2)18(15(3)9-13)27(24,25)21-6-4-19(5-7-21)16(22)10-20-12-26-11-17(20)23/h8-9H,4-7,10-12H2,1-3H3. The van der Waals surface area contributed by atoms with E-state index in [4.69, 9.17) is 0 Å². The zero-order chi connectivity index (χ0) is 19.8. The number of hydrogen-bond donors (Lipinski definition) is 0. The molecule has 3 rings (SSSR count). The molecule has 0 bridgehead atoms. The summed E-state index contributed by atoms with van der Waals surface area (Å²) in [5.41, 5.74) is 2.53. The summed E-state index contributed by atoms with van der Waals surface area (Å²) in [6.45, 7) is 6.88. The number of piperazine rings is 1. The van der Waals surface area contributed by atoms with Crippen LogP contribution in [0.25, 0.3) is 0 Å². The summed E-state index contributed by atoms with van der Waals surface area (Å²) in [6, 6.07) is 3.76. The molecule has 2 amide bonds. The molecular formula is C18H25N3O4S2. The van der Waals surface area contributed by atoms with Gasteiger partial charge in [0.15, 0.2) is 0 Å². The average Bonchev–Trinajstić information content (AvgIpc) is 2.98. The number of benzene rings is 1. The Bertz CT molecular complexity index is 838. The van der Waals surface area contributed by atoms with Gasteiger partial charge in [-0.15, -0.1) is 11.8 Å². The number of carbonyl (C=O) groups excluding carboxylic acids is 2. The molecule has 0 radical (unpaired) electrons. The minimum Gasteiger partial charge on any atom is -0.339 e. The Morgan fingerprint density at radius 3 is 2.19 bits per heavy atom. The van der Waals surface area contributed by atoms with Crippen LogP contribution in [0.3, 0.4) is 0 Å². The van der Waals surface area contributed by atoms with Crippen molar-refractivity contribution in [2.75, 3.05) is 44.4 Å². The van der Waals surface area contributed by atoms with Crippen LogP contribution in [0, 0.1) is 20.8 Å². The number of amides is 2. The summed E-state index contributed by atoms with van der Waals surface area (Å²) in [6.07, 6.45) is 0. The maximum absolute atomic E-state index is 13.1. The minimum absolute atomic E-state index is 0.0140. The second-order valence-electron chi connectivity index (χ2n) is 7.08. The van der Waals surface area contributed by atoms with Gasteiger partial charge < -0.3 is 9.80 Å². The SMILES string of the molecule is Cc1cc(C)c(S(=O)(=O)N2CCN(C(=O)CN3CSCC3=O)CC2)c(C)c1. The molecule has 0 aromatic heterocycles. The van der Waals surface area contributed by atoms with Gasteiger partial charge in [-0.2, -0.15) is 4.31 Å². The van der Waals surface area contributed by atoms with Crippen molar-refractivity contribution in [1.29, 1.82) is 0 Å². The average molecular weight is 412 g/mol. The Morgan fingerprint density at radius 2 is 1.67 bits per heavy atom. The van der Waals surface area contributed by atoms with E-state index in [0.717, 1.165) is 16.7 Å². The Hall–Kier alpha value is -1.58. The molecule has 148 valence electrons. The van der Waals surface area contributed by atoms with Gasteiger partial charge in [0.05, 0.1) is 16.5 Å². The Morgan fingerprint density at radius 1 is 1.07 bits per heavy atom. The molecule has 2 aliphatic rings. The molecule has 2 heterocycles. The van der Waals surface area contributed by atoms with Crippen molar-refractivity contribution in [1.82, 2.24) is 14.1 Å². The Kier molecular flexibility index (Phi) is 5.83. The largest absolute Gasteiger partial charge is 0.339 e. The van der Waals surface area contributed by atoms with E-state index in [-0.39, 0.29) is 31.4 Å². The van der Waals surface area contributed by atoms with Gasteiger partial charge in [0, 0.05) is 26.2 Å². The van der Waals surface area contributed by atoms with Crippen LogP contribution in [-0.4, -0.2) is 78.7 Å². The number of thioether (sulfide) groups is 1. The van der Waals surface area contributed by atoms with E-state index in [0.29, 0.717) is 29.6 Å². The first-order chi connectivity index (χ1) is 12.7. The number of hydrogen-bond acceptors (Lipinski definition) is 5. The molecule has 0 unspecified atom stereocenters. The Labute approximate surface area is 164 Å². The van der Waals surface area contributed by atoms with E-state index < -0.39 is 10.0 Å². The molecule has 0 N–H and O–H groups in total. The summed E-state index contributed by atoms with van der Waals surface area (Å²) in [4.78, 5) is 27.7. The van der Waals surface area contributed by atoms with Crippen LogP contribution < -0.4 is 0 Å². The van der Waals surface area contributed by atoms with Crippen LogP contribution >= 0.6 is 11.8 Å². The minimum atomic E-state index is -3.59. The van der Waals surface area contributed by atoms with Gasteiger partial charge in [-0.25, -0.2) is 8.42 Å². The van der Waals surface area contributed by atoms with Crippen molar-refractivity contribution >= 4 is 33.6 Å². The van der Waals surface area contributed by atoms with Crippen molar-refractivity contribution in [2.45, 2.75) is 25.7 Å². The molecule has 2 fully saturated rings. The van der Waals surface area contributed by atoms with Crippen LogP contribution in [-0.2, 0) is 19.6 Å². The van der Waals surface area contributed by atoms with Crippen molar-refractivity contribution in [3.8, 4) is 0 Å². The van der Waals surface area contributed by atoms with E-state index >= 15 is 0 Å². The highest BCUT2D eigenvalue weighted by atomic mass is 32.2. The van der Waals surface area contributed by atoms with Gasteiger partial charge in [0.1, 0.15) is 6.54 Å². The lowest BCUT2D eigenvalue weighted by molar-refractivity contribution is -0.138. The molecular weight excluding hydrogens is 386 g/mol. The maximum atomic E-state index is 13.1. The number of rotatable bonds is 4. The number of carbonyl (C=O) groups is 2. The monoisotopic (exact) mass is 411 g/mol. The fraction of sp³-hybridized carbons (Fsp3) is 0.556. The van der Waals surface area contributed by atoms with Crippen LogP contribution in [0.4, 0.5) is 0 Å². The molecule has 0 spiro atoms. The highest BCUT2D eigenvalue weighted by Crippen LogP contribution is 2.26. The molecule has 9 heteroatoms. The van der Waals surface area contributed by atoms with E-state index in [9.17, 15) is 18.0 Å². The number of sulfonamides is 1. The predicted octanol–water partition coefficient (Wildman–Crippen LogP) is 0.978. The van der Waals surface area contributed by atoms with Gasteiger partial charge in [-0.3, -0.25) is 9.59 Å². The molecule has 27 heavy (non-hydrogen) atoms. The molecule has 1 aromatic rings. The second-order valence-corrected chi connectivity index (χ2v) is 9.91. The highest BCUT2D eigenvalue weighted by Gasteiger charge is 2.33. The first kappa shape index (κ1) is 20.2. The van der Waals surface area contributed by atoms with Gasteiger partial charge >= 0.3 is 0 Å². The molecule has 7 nitrogen and oxygen atoms in total. The summed E-state index contributed by atoms with van der Waals surface area (Å²) >= 11 is 1.50. The third kappa shape index (κ3) is 4.14. The summed E-state index contributed by atoms with van der Waals surface area (Å²) in [7, 11) is -3.59. The topological polar surface area (TPSA) is 78.0 Å². The van der Waals surface area contributed by atoms with Crippen LogP contribution in [0.2, 0.25) is 0 Å². The molecule has 2 aliphatic heterocycles. The van der Waals surface area contributed by atoms with Gasteiger partial charge in [-0.1, -0.05) is 17.7 Å². The lowest BCUT2D eigenvalue weighted by Gasteiger charge is -2.35. The first-order valence-electron chi connectivity index (χ1n) is 8.91. The second kappa shape index (κ2) is 7.81. The predicted molar refractivity (Wildman–Crippen MR) is 105 cm³/mol. The van der Waals surface area contributed by atoms with Gasteiger partial charge in [-0.05, 0) is 31.9 Å². The van der Waals surface area contributed by atoms with Gasteiger partial charge in [0.2, 0.25) is 21.8 Å². The summed E-state index contributed by atoms with van der Waals surface area (Å²) in [5.74, 6) is 0.838. The van der Waals surface area contributed by atoms with E-state index in [1.165, 1.54) is 16.1 Å². The first-order valence-corrected chi connectivity index (χ1v) is 11.5. The van der Waals surface area contributed by atoms with Crippen molar-refractivity contribution in [3.63, 3.8) is 0 Å². The van der Waals surface area contributed by atoms with Crippen LogP contribution in [0.5, 0.6) is 0 Å². The van der Waals surface area contributed by atoms with E-state index in [1.54, 1.807) is 9.80 Å². The zero-order valence-corrected chi connectivity index (χ0v) is 17.5. The van der Waals surface area contributed by atoms with E-state index in [2.05, 4.69) is 0 Å². The van der Waals surface area contributed by atoms with Gasteiger partial charge in [0.25, 0.3) is 0 Å². The molecule has 0 atom stereocenters. The Balaban J connectivity index is 1.66. The third-order valence-corrected chi connectivity index (χ3v) is 8.10. The fourth-order valence-electron chi connectivity index (χ4n) is 3.68. The third-order valence-electron chi connectivity index (χ3n) is 4.95. The smallest absolute Gasteiger partial charge is 0.243 e. The number of nitrogens with zero attached hydrogens (tertiary/aromatic N) is 3. The van der Waals surface area contributed by atoms with Crippen LogP contribution in [0.1, 0.15) is 16.7 Å². The molecule has 1 aromatic carbocycles. The summed E-state index contributed by atoms with van der Waals surface area (Å²) in [5, 5.41) is 0. The van der Waals surface area contributed by atoms with Crippen molar-refractivity contribution < 1.29 is 18.0 Å². The fourth-order valence-corrected chi connectivity index (χ4v) is 6.42. The lowest BCUT2D eigenvalue weighted by Crippen LogP contribution is -2.52. The zero-order valence-electron chi connectivity index (χ0n) is 15.9. The lowest BCUT2D eigenvalue weighted by atomic mass is 10.1.